The largest absolute Gasteiger partial charge is 0.480 e. The van der Waals surface area contributed by atoms with Gasteiger partial charge in [0.2, 0.25) is 5.88 Å². The molecule has 1 saturated carbocycles. The van der Waals surface area contributed by atoms with Crippen LogP contribution in [0.15, 0.2) is 12.1 Å². The molecule has 3 rings (SSSR count). The average Bonchev–Trinajstić information content (AvgIpc) is 2.48. The van der Waals surface area contributed by atoms with Crippen molar-refractivity contribution in [2.45, 2.75) is 43.5 Å². The zero-order chi connectivity index (χ0) is 13.1. The molecule has 5 heteroatoms. The first-order valence-electron chi connectivity index (χ1n) is 7.09. The number of rotatable bonds is 3. The van der Waals surface area contributed by atoms with E-state index in [1.165, 1.54) is 38.0 Å². The molecule has 2 heterocycles. The summed E-state index contributed by atoms with van der Waals surface area (Å²) in [6, 6.07) is 4.68. The van der Waals surface area contributed by atoms with Gasteiger partial charge >= 0.3 is 0 Å². The molecule has 104 valence electrons. The van der Waals surface area contributed by atoms with Gasteiger partial charge in [-0.25, -0.2) is 0 Å². The van der Waals surface area contributed by atoms with Crippen molar-refractivity contribution < 1.29 is 4.74 Å². The Labute approximate surface area is 118 Å². The third kappa shape index (κ3) is 3.03. The molecule has 0 bridgehead atoms. The van der Waals surface area contributed by atoms with Crippen molar-refractivity contribution in [1.29, 1.82) is 0 Å². The summed E-state index contributed by atoms with van der Waals surface area (Å²) >= 11 is 2.17. The Morgan fingerprint density at radius 1 is 1.32 bits per heavy atom. The Morgan fingerprint density at radius 3 is 3.00 bits per heavy atom. The first-order chi connectivity index (χ1) is 9.36. The number of methoxy groups -OCH3 is 1. The van der Waals surface area contributed by atoms with Crippen LogP contribution in [0.5, 0.6) is 5.88 Å². The van der Waals surface area contributed by atoms with Gasteiger partial charge in [0.25, 0.3) is 0 Å². The van der Waals surface area contributed by atoms with Gasteiger partial charge in [0.05, 0.1) is 12.8 Å². The van der Waals surface area contributed by atoms with Crippen LogP contribution < -0.4 is 4.74 Å². The quantitative estimate of drug-likeness (QED) is 0.849. The molecule has 0 aromatic carbocycles. The van der Waals surface area contributed by atoms with E-state index in [9.17, 15) is 0 Å². The smallest absolute Gasteiger partial charge is 0.233 e. The van der Waals surface area contributed by atoms with E-state index in [2.05, 4.69) is 26.9 Å². The lowest BCUT2D eigenvalue weighted by atomic mass is 9.93. The van der Waals surface area contributed by atoms with Crippen molar-refractivity contribution in [3.05, 3.63) is 17.8 Å². The fourth-order valence-corrected chi connectivity index (χ4v) is 4.63. The zero-order valence-corrected chi connectivity index (χ0v) is 12.2. The van der Waals surface area contributed by atoms with Crippen LogP contribution in [0.3, 0.4) is 0 Å². The molecule has 0 radical (unpaired) electrons. The molecule has 2 aliphatic rings. The molecule has 0 amide bonds. The summed E-state index contributed by atoms with van der Waals surface area (Å²) in [6.45, 7) is 2.11. The van der Waals surface area contributed by atoms with Crippen molar-refractivity contribution in [3.63, 3.8) is 0 Å². The highest BCUT2D eigenvalue weighted by Gasteiger charge is 2.33. The van der Waals surface area contributed by atoms with Crippen LogP contribution in [0.4, 0.5) is 0 Å². The van der Waals surface area contributed by atoms with Crippen molar-refractivity contribution in [2.75, 3.05) is 19.4 Å². The lowest BCUT2D eigenvalue weighted by molar-refractivity contribution is 0.153. The van der Waals surface area contributed by atoms with E-state index in [1.807, 2.05) is 12.1 Å². The van der Waals surface area contributed by atoms with Crippen molar-refractivity contribution in [2.24, 2.45) is 0 Å². The number of hydrogen-bond acceptors (Lipinski definition) is 5. The number of fused-ring (bicyclic) bond motifs is 1. The van der Waals surface area contributed by atoms with E-state index < -0.39 is 0 Å². The molecule has 0 unspecified atom stereocenters. The molecule has 0 spiro atoms. The standard InChI is InChI=1S/C14H21N3OS/c1-18-14-7-6-11(15-16-14)10-17-8-9-19-13-5-3-2-4-12(13)17/h6-7,12-13H,2-5,8-10H2,1H3/t12-,13-/m0/s1. The van der Waals surface area contributed by atoms with Gasteiger partial charge in [0.1, 0.15) is 0 Å². The molecule has 1 aliphatic carbocycles. The monoisotopic (exact) mass is 279 g/mol. The highest BCUT2D eigenvalue weighted by molar-refractivity contribution is 8.00. The minimum Gasteiger partial charge on any atom is -0.480 e. The number of aromatic nitrogens is 2. The summed E-state index contributed by atoms with van der Waals surface area (Å²) in [7, 11) is 1.62. The lowest BCUT2D eigenvalue weighted by Crippen LogP contribution is -2.48. The molecule has 4 nitrogen and oxygen atoms in total. The molecule has 2 fully saturated rings. The maximum absolute atomic E-state index is 5.05. The molecule has 1 aromatic heterocycles. The van der Waals surface area contributed by atoms with Crippen molar-refractivity contribution >= 4 is 11.8 Å². The highest BCUT2D eigenvalue weighted by atomic mass is 32.2. The third-order valence-corrected chi connectivity index (χ3v) is 5.51. The SMILES string of the molecule is COc1ccc(CN2CCS[C@H]3CCCC[C@@H]32)nn1. The van der Waals surface area contributed by atoms with Crippen LogP contribution in [-0.4, -0.2) is 45.8 Å². The van der Waals surface area contributed by atoms with E-state index in [0.717, 1.165) is 23.5 Å². The summed E-state index contributed by atoms with van der Waals surface area (Å²) in [5.74, 6) is 1.85. The Hall–Kier alpha value is -0.810. The molecule has 2 atom stereocenters. The van der Waals surface area contributed by atoms with Gasteiger partial charge in [0.15, 0.2) is 0 Å². The van der Waals surface area contributed by atoms with Crippen molar-refractivity contribution in [1.82, 2.24) is 15.1 Å². The minimum atomic E-state index is 0.591. The maximum Gasteiger partial charge on any atom is 0.233 e. The van der Waals surface area contributed by atoms with Crippen LogP contribution in [0.25, 0.3) is 0 Å². The second-order valence-corrected chi connectivity index (χ2v) is 6.65. The van der Waals surface area contributed by atoms with E-state index in [0.29, 0.717) is 5.88 Å². The van der Waals surface area contributed by atoms with Gasteiger partial charge in [-0.3, -0.25) is 4.90 Å². The summed E-state index contributed by atoms with van der Waals surface area (Å²) in [5, 5.41) is 9.16. The van der Waals surface area contributed by atoms with Crippen LogP contribution in [0, 0.1) is 0 Å². The Kier molecular flexibility index (Phi) is 4.23. The first-order valence-corrected chi connectivity index (χ1v) is 8.14. The fourth-order valence-electron chi connectivity index (χ4n) is 3.12. The second-order valence-electron chi connectivity index (χ2n) is 5.30. The van der Waals surface area contributed by atoms with Crippen molar-refractivity contribution in [3.8, 4) is 5.88 Å². The normalized spacial score (nSPS) is 27.8. The number of hydrogen-bond donors (Lipinski definition) is 0. The molecule has 1 aromatic rings. The summed E-state index contributed by atoms with van der Waals surface area (Å²) in [4.78, 5) is 2.61. The molecule has 19 heavy (non-hydrogen) atoms. The maximum atomic E-state index is 5.05. The van der Waals surface area contributed by atoms with Gasteiger partial charge in [-0.1, -0.05) is 12.8 Å². The van der Waals surface area contributed by atoms with Gasteiger partial charge < -0.3 is 4.74 Å². The molecular formula is C14H21N3OS. The van der Waals surface area contributed by atoms with Crippen LogP contribution >= 0.6 is 11.8 Å². The Balaban J connectivity index is 1.66. The Bertz CT molecular complexity index is 410. The van der Waals surface area contributed by atoms with Crippen LogP contribution in [0.1, 0.15) is 31.4 Å². The predicted octanol–water partition coefficient (Wildman–Crippen LogP) is 2.35. The fraction of sp³-hybridized carbons (Fsp3) is 0.714. The first kappa shape index (κ1) is 13.2. The highest BCUT2D eigenvalue weighted by Crippen LogP contribution is 2.35. The predicted molar refractivity (Wildman–Crippen MR) is 77.5 cm³/mol. The summed E-state index contributed by atoms with van der Waals surface area (Å²) < 4.78 is 5.05. The third-order valence-electron chi connectivity index (χ3n) is 4.12. The van der Waals surface area contributed by atoms with Gasteiger partial charge in [0, 0.05) is 36.2 Å². The van der Waals surface area contributed by atoms with Crippen LogP contribution in [-0.2, 0) is 6.54 Å². The molecular weight excluding hydrogens is 258 g/mol. The van der Waals surface area contributed by atoms with E-state index in [1.54, 1.807) is 7.11 Å². The van der Waals surface area contributed by atoms with Gasteiger partial charge in [-0.05, 0) is 18.9 Å². The summed E-state index contributed by atoms with van der Waals surface area (Å²) in [6.07, 6.45) is 5.53. The minimum absolute atomic E-state index is 0.591. The Morgan fingerprint density at radius 2 is 2.21 bits per heavy atom. The van der Waals surface area contributed by atoms with Crippen LogP contribution in [0.2, 0.25) is 0 Å². The van der Waals surface area contributed by atoms with Gasteiger partial charge in [-0.15, -0.1) is 5.10 Å². The molecule has 0 N–H and O–H groups in total. The van der Waals surface area contributed by atoms with E-state index >= 15 is 0 Å². The number of ether oxygens (including phenoxy) is 1. The van der Waals surface area contributed by atoms with E-state index in [-0.39, 0.29) is 0 Å². The topological polar surface area (TPSA) is 38.2 Å². The number of thioether (sulfide) groups is 1. The zero-order valence-electron chi connectivity index (χ0n) is 11.4. The molecule has 1 saturated heterocycles. The lowest BCUT2D eigenvalue weighted by Gasteiger charge is -2.43. The number of nitrogens with zero attached hydrogens (tertiary/aromatic N) is 3. The van der Waals surface area contributed by atoms with E-state index in [4.69, 9.17) is 4.74 Å². The second kappa shape index (κ2) is 6.09. The summed E-state index contributed by atoms with van der Waals surface area (Å²) in [5.41, 5.74) is 1.05. The van der Waals surface area contributed by atoms with Gasteiger partial charge in [-0.2, -0.15) is 16.9 Å². The molecule has 1 aliphatic heterocycles. The average molecular weight is 279 g/mol.